The number of benzene rings is 1. The van der Waals surface area contributed by atoms with Gasteiger partial charge in [0.25, 0.3) is 0 Å². The second kappa shape index (κ2) is 7.06. The first-order valence-corrected chi connectivity index (χ1v) is 4.15. The van der Waals surface area contributed by atoms with Gasteiger partial charge in [-0.05, 0) is 12.1 Å². The van der Waals surface area contributed by atoms with Gasteiger partial charge in [0.1, 0.15) is 10.8 Å². The van der Waals surface area contributed by atoms with E-state index in [0.29, 0.717) is 5.02 Å². The van der Waals surface area contributed by atoms with Crippen LogP contribution in [0.5, 0.6) is 5.75 Å². The van der Waals surface area contributed by atoms with Gasteiger partial charge >= 0.3 is 57.4 Å². The van der Waals surface area contributed by atoms with Gasteiger partial charge < -0.3 is 9.84 Å². The number of aliphatic carboxylic acids is 1. The van der Waals surface area contributed by atoms with Gasteiger partial charge in [0.15, 0.2) is 6.61 Å². The zero-order valence-corrected chi connectivity index (χ0v) is 7.97. The van der Waals surface area contributed by atoms with Crippen molar-refractivity contribution < 1.29 is 14.6 Å². The second-order valence-corrected chi connectivity index (χ2v) is 3.02. The summed E-state index contributed by atoms with van der Waals surface area (Å²) in [5, 5.41) is 8.90. The number of carbonyl (C=O) groups is 1. The molecule has 6 heteroatoms. The molecule has 1 aromatic rings. The molecule has 0 bridgehead atoms. The van der Waals surface area contributed by atoms with Crippen molar-refractivity contribution in [2.45, 2.75) is 0 Å². The van der Waals surface area contributed by atoms with E-state index in [2.05, 4.69) is 0 Å². The van der Waals surface area contributed by atoms with Crippen LogP contribution in [0.15, 0.2) is 18.2 Å². The van der Waals surface area contributed by atoms with Crippen LogP contribution in [0.25, 0.3) is 0 Å². The average molecular weight is 261 g/mol. The summed E-state index contributed by atoms with van der Waals surface area (Å²) in [5.74, 6) is -0.785. The Morgan fingerprint density at radius 2 is 2.07 bits per heavy atom. The van der Waals surface area contributed by atoms with E-state index >= 15 is 0 Å². The van der Waals surface area contributed by atoms with Crippen LogP contribution in [0.2, 0.25) is 10.0 Å². The number of hydrogen-bond donors (Lipinski definition) is 1. The predicted octanol–water partition coefficient (Wildman–Crippen LogP) is 1.81. The van der Waals surface area contributed by atoms with Crippen molar-refractivity contribution in [3.8, 4) is 5.75 Å². The Kier molecular flexibility index (Phi) is 7.41. The zero-order valence-electron chi connectivity index (χ0n) is 6.46. The van der Waals surface area contributed by atoms with E-state index in [1.54, 1.807) is 18.2 Å². The maximum absolute atomic E-state index is 10.2. The molecule has 72 valence electrons. The molecular formula is C8H7Cl2KO3. The molecule has 1 aromatic carbocycles. The number of halogens is 2. The van der Waals surface area contributed by atoms with Crippen LogP contribution >= 0.6 is 23.2 Å². The van der Waals surface area contributed by atoms with Crippen molar-refractivity contribution in [1.82, 2.24) is 0 Å². The minimum atomic E-state index is -1.06. The quantitative estimate of drug-likeness (QED) is 0.844. The Labute approximate surface area is 134 Å². The Morgan fingerprint density at radius 3 is 2.64 bits per heavy atom. The third kappa shape index (κ3) is 4.48. The molecule has 1 rings (SSSR count). The Balaban J connectivity index is 0.00000169. The summed E-state index contributed by atoms with van der Waals surface area (Å²) in [6.07, 6.45) is 0. The van der Waals surface area contributed by atoms with Crippen molar-refractivity contribution in [3.63, 3.8) is 0 Å². The second-order valence-electron chi connectivity index (χ2n) is 2.23. The molecule has 0 fully saturated rings. The molecule has 0 aliphatic rings. The van der Waals surface area contributed by atoms with Gasteiger partial charge in [0.2, 0.25) is 0 Å². The molecular weight excluding hydrogens is 254 g/mol. The Morgan fingerprint density at radius 1 is 1.43 bits per heavy atom. The monoisotopic (exact) mass is 260 g/mol. The summed E-state index contributed by atoms with van der Waals surface area (Å²) in [5.41, 5.74) is 0. The van der Waals surface area contributed by atoms with E-state index in [1.165, 1.54) is 0 Å². The molecule has 0 unspecified atom stereocenters. The van der Waals surface area contributed by atoms with Gasteiger partial charge in [-0.15, -0.1) is 0 Å². The van der Waals surface area contributed by atoms with Crippen LogP contribution in [0.3, 0.4) is 0 Å². The van der Waals surface area contributed by atoms with Crippen LogP contribution < -0.4 is 4.74 Å². The van der Waals surface area contributed by atoms with E-state index < -0.39 is 12.6 Å². The molecule has 0 heterocycles. The van der Waals surface area contributed by atoms with E-state index in [-0.39, 0.29) is 62.2 Å². The Hall–Kier alpha value is 0.706. The summed E-state index contributed by atoms with van der Waals surface area (Å²) < 4.78 is 4.86. The van der Waals surface area contributed by atoms with Gasteiger partial charge in [-0.1, -0.05) is 29.3 Å². The summed E-state index contributed by atoms with van der Waals surface area (Å²) in [7, 11) is 0. The number of rotatable bonds is 3. The van der Waals surface area contributed by atoms with Crippen LogP contribution in [0.1, 0.15) is 0 Å². The molecule has 0 saturated carbocycles. The van der Waals surface area contributed by atoms with E-state index in [9.17, 15) is 4.79 Å². The van der Waals surface area contributed by atoms with Crippen molar-refractivity contribution in [3.05, 3.63) is 28.2 Å². The summed E-state index contributed by atoms with van der Waals surface area (Å²) in [6.45, 7) is -0.430. The topological polar surface area (TPSA) is 46.5 Å². The van der Waals surface area contributed by atoms with Crippen molar-refractivity contribution in [2.75, 3.05) is 6.61 Å². The standard InChI is InChI=1S/C8H6Cl2O3.K.H/c9-5-2-1-3-6(8(5)10)13-4-7(11)12;;/h1-3H,4H2,(H,11,12);;. The molecule has 14 heavy (non-hydrogen) atoms. The van der Waals surface area contributed by atoms with Crippen LogP contribution in [0, 0.1) is 0 Å². The fraction of sp³-hybridized carbons (Fsp3) is 0.125. The van der Waals surface area contributed by atoms with E-state index in [4.69, 9.17) is 33.0 Å². The molecule has 0 aliphatic heterocycles. The molecule has 0 amide bonds. The zero-order chi connectivity index (χ0) is 9.84. The van der Waals surface area contributed by atoms with Gasteiger partial charge in [0.05, 0.1) is 5.02 Å². The number of hydrogen-bond acceptors (Lipinski definition) is 2. The summed E-state index contributed by atoms with van der Waals surface area (Å²) >= 11 is 11.4. The Bertz CT molecular complexity index is 330. The first kappa shape index (κ1) is 14.7. The third-order valence-corrected chi connectivity index (χ3v) is 2.07. The molecule has 0 radical (unpaired) electrons. The first-order valence-electron chi connectivity index (χ1n) is 3.40. The normalized spacial score (nSPS) is 9.00. The van der Waals surface area contributed by atoms with Gasteiger partial charge in [0, 0.05) is 0 Å². The van der Waals surface area contributed by atoms with Crippen LogP contribution in [-0.2, 0) is 4.79 Å². The SMILES string of the molecule is O=C(O)COc1cccc(Cl)c1Cl.[KH]. The van der Waals surface area contributed by atoms with Crippen LogP contribution in [-0.4, -0.2) is 69.1 Å². The minimum absolute atomic E-state index is 0. The molecule has 0 spiro atoms. The van der Waals surface area contributed by atoms with Gasteiger partial charge in [-0.3, -0.25) is 0 Å². The molecule has 0 saturated heterocycles. The van der Waals surface area contributed by atoms with E-state index in [0.717, 1.165) is 0 Å². The molecule has 0 aliphatic carbocycles. The average Bonchev–Trinajstić information content (AvgIpc) is 2.07. The maximum atomic E-state index is 10.2. The van der Waals surface area contributed by atoms with Gasteiger partial charge in [-0.2, -0.15) is 0 Å². The van der Waals surface area contributed by atoms with Crippen molar-refractivity contribution >= 4 is 80.6 Å². The van der Waals surface area contributed by atoms with Gasteiger partial charge in [-0.25, -0.2) is 4.79 Å². The third-order valence-electron chi connectivity index (χ3n) is 1.27. The fourth-order valence-corrected chi connectivity index (χ4v) is 1.08. The number of carboxylic acids is 1. The number of ether oxygens (including phenoxy) is 1. The molecule has 0 atom stereocenters. The van der Waals surface area contributed by atoms with Crippen molar-refractivity contribution in [2.24, 2.45) is 0 Å². The summed E-state index contributed by atoms with van der Waals surface area (Å²) in [4.78, 5) is 10.2. The predicted molar refractivity (Wildman–Crippen MR) is 56.7 cm³/mol. The molecule has 1 N–H and O–H groups in total. The van der Waals surface area contributed by atoms with E-state index in [1.807, 2.05) is 0 Å². The molecule has 3 nitrogen and oxygen atoms in total. The summed E-state index contributed by atoms with van der Waals surface area (Å²) in [6, 6.07) is 4.78. The number of carboxylic acid groups (broad SMARTS) is 1. The molecule has 0 aromatic heterocycles. The first-order chi connectivity index (χ1) is 6.11. The van der Waals surface area contributed by atoms with Crippen molar-refractivity contribution in [1.29, 1.82) is 0 Å². The van der Waals surface area contributed by atoms with Crippen LogP contribution in [0.4, 0.5) is 0 Å². The fourth-order valence-electron chi connectivity index (χ4n) is 0.735.